The highest BCUT2D eigenvalue weighted by molar-refractivity contribution is 5.69. The number of hydrogen-bond acceptors (Lipinski definition) is 3. The van der Waals surface area contributed by atoms with Crippen LogP contribution in [0.4, 0.5) is 0 Å². The highest BCUT2D eigenvalue weighted by Crippen LogP contribution is 2.10. The van der Waals surface area contributed by atoms with E-state index in [9.17, 15) is 9.59 Å². The number of nitrogens with one attached hydrogen (secondary N) is 1. The summed E-state index contributed by atoms with van der Waals surface area (Å²) in [5.74, 6) is 0.663. The molecule has 26 heavy (non-hydrogen) atoms. The number of H-pyrrole nitrogens is 1. The molecule has 0 amide bonds. The predicted molar refractivity (Wildman–Crippen MR) is 100 cm³/mol. The van der Waals surface area contributed by atoms with Crippen molar-refractivity contribution in [2.24, 2.45) is 7.05 Å². The second kappa shape index (κ2) is 6.48. The number of aromatic amines is 1. The molecule has 0 saturated heterocycles. The van der Waals surface area contributed by atoms with Gasteiger partial charge in [0.2, 0.25) is 0 Å². The van der Waals surface area contributed by atoms with Crippen LogP contribution in [0.25, 0.3) is 11.2 Å². The second-order valence-corrected chi connectivity index (χ2v) is 6.26. The van der Waals surface area contributed by atoms with E-state index in [4.69, 9.17) is 0 Å². The lowest BCUT2D eigenvalue weighted by molar-refractivity contribution is 0.657. The highest BCUT2D eigenvalue weighted by atomic mass is 16.2. The standard InChI is InChI=1S/C20H18N4O2/c1-23-18-17(21-16(22-18)12-14-8-4-2-5-9-14)19(25)24(20(23)26)13-15-10-6-3-7-11-15/h2-11H,12-13H2,1H3,(H,21,22). The number of aryl methyl sites for hydroxylation is 1. The molecular formula is C20H18N4O2. The van der Waals surface area contributed by atoms with E-state index < -0.39 is 0 Å². The molecule has 2 heterocycles. The van der Waals surface area contributed by atoms with Gasteiger partial charge in [-0.05, 0) is 11.1 Å². The molecular weight excluding hydrogens is 328 g/mol. The van der Waals surface area contributed by atoms with Crippen LogP contribution in [0.1, 0.15) is 17.0 Å². The number of aromatic nitrogens is 4. The summed E-state index contributed by atoms with van der Waals surface area (Å²) in [6.07, 6.45) is 0.571. The summed E-state index contributed by atoms with van der Waals surface area (Å²) in [5, 5.41) is 0. The fourth-order valence-corrected chi connectivity index (χ4v) is 3.08. The van der Waals surface area contributed by atoms with Crippen molar-refractivity contribution in [1.29, 1.82) is 0 Å². The Morgan fingerprint density at radius 3 is 2.19 bits per heavy atom. The maximum Gasteiger partial charge on any atom is 0.332 e. The van der Waals surface area contributed by atoms with E-state index in [0.29, 0.717) is 23.4 Å². The minimum absolute atomic E-state index is 0.231. The molecule has 0 saturated carbocycles. The Kier molecular flexibility index (Phi) is 4.01. The normalized spacial score (nSPS) is 11.1. The van der Waals surface area contributed by atoms with E-state index in [1.54, 1.807) is 7.05 Å². The summed E-state index contributed by atoms with van der Waals surface area (Å²) in [6.45, 7) is 0.231. The van der Waals surface area contributed by atoms with Crippen LogP contribution in [0.15, 0.2) is 70.3 Å². The van der Waals surface area contributed by atoms with E-state index in [0.717, 1.165) is 11.1 Å². The molecule has 6 nitrogen and oxygen atoms in total. The number of hydrogen-bond donors (Lipinski definition) is 1. The van der Waals surface area contributed by atoms with Crippen molar-refractivity contribution < 1.29 is 0 Å². The Hall–Kier alpha value is -3.41. The Balaban J connectivity index is 1.80. The summed E-state index contributed by atoms with van der Waals surface area (Å²) >= 11 is 0. The predicted octanol–water partition coefficient (Wildman–Crippen LogP) is 2.06. The monoisotopic (exact) mass is 346 g/mol. The van der Waals surface area contributed by atoms with Gasteiger partial charge in [0.05, 0.1) is 6.54 Å². The Labute approximate surface area is 149 Å². The lowest BCUT2D eigenvalue weighted by Gasteiger charge is -2.07. The number of fused-ring (bicyclic) bond motifs is 1. The van der Waals surface area contributed by atoms with Crippen LogP contribution in [0.3, 0.4) is 0 Å². The minimum Gasteiger partial charge on any atom is -0.336 e. The van der Waals surface area contributed by atoms with E-state index in [2.05, 4.69) is 9.97 Å². The molecule has 0 aliphatic carbocycles. The third-order valence-corrected chi connectivity index (χ3v) is 4.43. The van der Waals surface area contributed by atoms with Crippen LogP contribution in [-0.4, -0.2) is 19.1 Å². The van der Waals surface area contributed by atoms with E-state index in [-0.39, 0.29) is 17.8 Å². The van der Waals surface area contributed by atoms with Crippen LogP contribution in [0.5, 0.6) is 0 Å². The largest absolute Gasteiger partial charge is 0.336 e. The lowest BCUT2D eigenvalue weighted by Crippen LogP contribution is -2.39. The Morgan fingerprint density at radius 1 is 0.923 bits per heavy atom. The molecule has 1 N–H and O–H groups in total. The third kappa shape index (κ3) is 2.86. The van der Waals surface area contributed by atoms with Crippen LogP contribution < -0.4 is 11.2 Å². The number of benzene rings is 2. The summed E-state index contributed by atoms with van der Waals surface area (Å²) in [7, 11) is 1.64. The lowest BCUT2D eigenvalue weighted by atomic mass is 10.1. The second-order valence-electron chi connectivity index (χ2n) is 6.26. The van der Waals surface area contributed by atoms with Crippen LogP contribution >= 0.6 is 0 Å². The quantitative estimate of drug-likeness (QED) is 0.615. The first-order chi connectivity index (χ1) is 12.6. The molecule has 4 aromatic rings. The minimum atomic E-state index is -0.371. The van der Waals surface area contributed by atoms with Crippen molar-refractivity contribution in [2.45, 2.75) is 13.0 Å². The summed E-state index contributed by atoms with van der Waals surface area (Å²) in [6, 6.07) is 19.3. The molecule has 0 fully saturated rings. The summed E-state index contributed by atoms with van der Waals surface area (Å²) in [5.41, 5.74) is 2.00. The molecule has 0 aliphatic rings. The Morgan fingerprint density at radius 2 is 1.54 bits per heavy atom. The van der Waals surface area contributed by atoms with Crippen molar-refractivity contribution in [3.8, 4) is 0 Å². The zero-order valence-electron chi connectivity index (χ0n) is 14.3. The van der Waals surface area contributed by atoms with Crippen molar-refractivity contribution >= 4 is 11.2 Å². The van der Waals surface area contributed by atoms with Gasteiger partial charge in [0, 0.05) is 13.5 Å². The molecule has 0 bridgehead atoms. The van der Waals surface area contributed by atoms with Crippen LogP contribution in [-0.2, 0) is 20.0 Å². The van der Waals surface area contributed by atoms with Gasteiger partial charge in [-0.1, -0.05) is 60.7 Å². The average molecular weight is 346 g/mol. The fourth-order valence-electron chi connectivity index (χ4n) is 3.08. The molecule has 0 radical (unpaired) electrons. The smallest absolute Gasteiger partial charge is 0.332 e. The topological polar surface area (TPSA) is 72.7 Å². The molecule has 130 valence electrons. The van der Waals surface area contributed by atoms with E-state index >= 15 is 0 Å². The molecule has 0 aliphatic heterocycles. The number of imidazole rings is 1. The van der Waals surface area contributed by atoms with Crippen molar-refractivity contribution in [2.75, 3.05) is 0 Å². The SMILES string of the molecule is Cn1c(=O)n(Cc2ccccc2)c(=O)c2[nH]c(Cc3ccccc3)nc21. The number of rotatable bonds is 4. The average Bonchev–Trinajstić information content (AvgIpc) is 3.09. The maximum atomic E-state index is 12.9. The van der Waals surface area contributed by atoms with Gasteiger partial charge in [-0.25, -0.2) is 9.78 Å². The van der Waals surface area contributed by atoms with Gasteiger partial charge >= 0.3 is 5.69 Å². The van der Waals surface area contributed by atoms with Gasteiger partial charge in [0.25, 0.3) is 5.56 Å². The van der Waals surface area contributed by atoms with Crippen LogP contribution in [0.2, 0.25) is 0 Å². The van der Waals surface area contributed by atoms with Crippen molar-refractivity contribution in [3.63, 3.8) is 0 Å². The fraction of sp³-hybridized carbons (Fsp3) is 0.150. The van der Waals surface area contributed by atoms with E-state index in [1.807, 2.05) is 60.7 Å². The van der Waals surface area contributed by atoms with Gasteiger partial charge in [-0.15, -0.1) is 0 Å². The summed E-state index contributed by atoms with van der Waals surface area (Å²) in [4.78, 5) is 33.1. The molecule has 0 unspecified atom stereocenters. The van der Waals surface area contributed by atoms with Gasteiger partial charge in [0.15, 0.2) is 5.65 Å². The Bertz CT molecular complexity index is 1170. The van der Waals surface area contributed by atoms with Crippen molar-refractivity contribution in [1.82, 2.24) is 19.1 Å². The molecule has 0 spiro atoms. The molecule has 4 rings (SSSR count). The van der Waals surface area contributed by atoms with Gasteiger partial charge < -0.3 is 4.98 Å². The molecule has 2 aromatic heterocycles. The first kappa shape index (κ1) is 16.1. The van der Waals surface area contributed by atoms with Gasteiger partial charge in [-0.2, -0.15) is 0 Å². The van der Waals surface area contributed by atoms with Crippen LogP contribution in [0, 0.1) is 0 Å². The molecule has 2 aromatic carbocycles. The highest BCUT2D eigenvalue weighted by Gasteiger charge is 2.15. The van der Waals surface area contributed by atoms with Gasteiger partial charge in [0.1, 0.15) is 11.3 Å². The first-order valence-corrected chi connectivity index (χ1v) is 8.40. The van der Waals surface area contributed by atoms with E-state index in [1.165, 1.54) is 9.13 Å². The third-order valence-electron chi connectivity index (χ3n) is 4.43. The summed E-state index contributed by atoms with van der Waals surface area (Å²) < 4.78 is 2.66. The first-order valence-electron chi connectivity index (χ1n) is 8.40. The van der Waals surface area contributed by atoms with Crippen molar-refractivity contribution in [3.05, 3.63) is 98.5 Å². The molecule has 0 atom stereocenters. The molecule has 6 heteroatoms. The maximum absolute atomic E-state index is 12.9. The number of nitrogens with zero attached hydrogens (tertiary/aromatic N) is 3. The zero-order chi connectivity index (χ0) is 18.1. The zero-order valence-corrected chi connectivity index (χ0v) is 14.3. The van der Waals surface area contributed by atoms with Gasteiger partial charge in [-0.3, -0.25) is 13.9 Å².